The molecule has 0 aliphatic rings. The maximum atomic E-state index is 9.15. The molecule has 0 amide bonds. The van der Waals surface area contributed by atoms with Gasteiger partial charge in [-0.1, -0.05) is 48.9 Å². The molecule has 0 unspecified atom stereocenters. The highest BCUT2D eigenvalue weighted by Crippen LogP contribution is 2.36. The zero-order valence-electron chi connectivity index (χ0n) is 16.4. The predicted octanol–water partition coefficient (Wildman–Crippen LogP) is 4.56. The van der Waals surface area contributed by atoms with Crippen molar-refractivity contribution < 1.29 is 9.84 Å². The number of unbranched alkanes of at least 4 members (excludes halogenated alkanes) is 2. The van der Waals surface area contributed by atoms with Gasteiger partial charge < -0.3 is 20.1 Å². The first-order valence-corrected chi connectivity index (χ1v) is 9.49. The third-order valence-corrected chi connectivity index (χ3v) is 4.48. The second-order valence-electron chi connectivity index (χ2n) is 6.42. The summed E-state index contributed by atoms with van der Waals surface area (Å²) in [5.74, 6) is 0.757. The van der Waals surface area contributed by atoms with E-state index in [0.29, 0.717) is 0 Å². The van der Waals surface area contributed by atoms with Crippen LogP contribution in [-0.2, 0) is 6.54 Å². The van der Waals surface area contributed by atoms with Crippen molar-refractivity contribution in [3.8, 4) is 28.3 Å². The highest BCUT2D eigenvalue weighted by atomic mass is 35.5. The molecular formula is C22H29Cl2N3O2. The van der Waals surface area contributed by atoms with E-state index in [9.17, 15) is 0 Å². The molecule has 2 aromatic carbocycles. The predicted molar refractivity (Wildman–Crippen MR) is 123 cm³/mol. The van der Waals surface area contributed by atoms with Gasteiger partial charge in [0.1, 0.15) is 12.4 Å². The van der Waals surface area contributed by atoms with Gasteiger partial charge in [0.25, 0.3) is 0 Å². The zero-order valence-corrected chi connectivity index (χ0v) is 18.0. The molecule has 1 heterocycles. The molecule has 5 nitrogen and oxygen atoms in total. The largest absolute Gasteiger partial charge is 0.490 e. The summed E-state index contributed by atoms with van der Waals surface area (Å²) >= 11 is 0. The number of para-hydroxylation sites is 1. The van der Waals surface area contributed by atoms with Crippen LogP contribution >= 0.6 is 24.8 Å². The molecule has 0 spiro atoms. The molecule has 0 aliphatic heterocycles. The molecule has 7 heteroatoms. The summed E-state index contributed by atoms with van der Waals surface area (Å²) in [5.41, 5.74) is 9.66. The summed E-state index contributed by atoms with van der Waals surface area (Å²) < 4.78 is 7.99. The van der Waals surface area contributed by atoms with Gasteiger partial charge in [0.05, 0.1) is 24.3 Å². The third kappa shape index (κ3) is 6.47. The number of ether oxygens (including phenoxy) is 1. The first-order chi connectivity index (χ1) is 13.3. The lowest BCUT2D eigenvalue weighted by molar-refractivity contribution is 0.202. The van der Waals surface area contributed by atoms with Gasteiger partial charge in [-0.3, -0.25) is 0 Å². The zero-order chi connectivity index (χ0) is 18.9. The van der Waals surface area contributed by atoms with Gasteiger partial charge in [-0.15, -0.1) is 24.8 Å². The first-order valence-electron chi connectivity index (χ1n) is 9.49. The fourth-order valence-corrected chi connectivity index (χ4v) is 3.19. The molecule has 3 N–H and O–H groups in total. The second-order valence-corrected chi connectivity index (χ2v) is 6.42. The van der Waals surface area contributed by atoms with Gasteiger partial charge >= 0.3 is 0 Å². The number of aryl methyl sites for hydroxylation is 1. The van der Waals surface area contributed by atoms with E-state index in [4.69, 9.17) is 20.6 Å². The Kier molecular flexibility index (Phi) is 11.4. The molecule has 0 bridgehead atoms. The lowest BCUT2D eigenvalue weighted by atomic mass is 10.0. The number of rotatable bonds is 10. The third-order valence-electron chi connectivity index (χ3n) is 4.48. The molecule has 0 radical (unpaired) electrons. The monoisotopic (exact) mass is 437 g/mol. The number of benzene rings is 2. The van der Waals surface area contributed by atoms with E-state index in [1.54, 1.807) is 0 Å². The number of hydrogen-bond donors (Lipinski definition) is 2. The lowest BCUT2D eigenvalue weighted by Gasteiger charge is -2.15. The molecule has 0 saturated carbocycles. The molecule has 0 aliphatic carbocycles. The minimum atomic E-state index is -0.0156. The summed E-state index contributed by atoms with van der Waals surface area (Å²) in [5, 5.41) is 9.15. The van der Waals surface area contributed by atoms with E-state index >= 15 is 0 Å². The molecular weight excluding hydrogens is 409 g/mol. The van der Waals surface area contributed by atoms with E-state index < -0.39 is 0 Å². The summed E-state index contributed by atoms with van der Waals surface area (Å²) in [6.45, 7) is 1.86. The molecule has 3 aromatic rings. The van der Waals surface area contributed by atoms with Crippen LogP contribution in [0.3, 0.4) is 0 Å². The van der Waals surface area contributed by atoms with Crippen molar-refractivity contribution >= 4 is 24.8 Å². The van der Waals surface area contributed by atoms with Crippen molar-refractivity contribution in [1.82, 2.24) is 9.55 Å². The van der Waals surface area contributed by atoms with Gasteiger partial charge in [0.2, 0.25) is 0 Å². The summed E-state index contributed by atoms with van der Waals surface area (Å²) in [6.07, 6.45) is 5.08. The first kappa shape index (κ1) is 25.0. The minimum absolute atomic E-state index is 0. The smallest absolute Gasteiger partial charge is 0.128 e. The molecule has 3 rings (SSSR count). The van der Waals surface area contributed by atoms with Crippen molar-refractivity contribution in [3.63, 3.8) is 0 Å². The number of nitrogens with two attached hydrogens (primary N) is 1. The van der Waals surface area contributed by atoms with Crippen molar-refractivity contribution in [1.29, 1.82) is 0 Å². The number of hydrogen-bond acceptors (Lipinski definition) is 4. The van der Waals surface area contributed by atoms with E-state index in [1.807, 2.05) is 48.8 Å². The summed E-state index contributed by atoms with van der Waals surface area (Å²) in [4.78, 5) is 4.72. The Balaban J connectivity index is 0.00000210. The maximum absolute atomic E-state index is 9.15. The van der Waals surface area contributed by atoms with Gasteiger partial charge in [-0.05, 0) is 31.5 Å². The number of halogens is 2. The number of aliphatic hydroxyl groups is 1. The Labute approximate surface area is 184 Å². The molecule has 0 saturated heterocycles. The minimum Gasteiger partial charge on any atom is -0.490 e. The molecule has 0 atom stereocenters. The Bertz CT molecular complexity index is 841. The van der Waals surface area contributed by atoms with Crippen LogP contribution in [0.15, 0.2) is 60.9 Å². The number of imidazole rings is 1. The van der Waals surface area contributed by atoms with Gasteiger partial charge in [0.15, 0.2) is 0 Å². The Morgan fingerprint density at radius 1 is 0.931 bits per heavy atom. The fraction of sp³-hybridized carbons (Fsp3) is 0.318. The summed E-state index contributed by atoms with van der Waals surface area (Å²) in [7, 11) is 0. The standard InChI is InChI=1S/C22H27N3O2.2ClH/c23-13-7-2-8-14-25-17-24-21(18-9-3-1-4-10-18)22(25)19-11-5-6-12-20(19)27-16-15-26;;/h1,3-6,9-12,17,26H,2,7-8,13-16,23H2;2*1H. The van der Waals surface area contributed by atoms with Gasteiger partial charge in [0, 0.05) is 17.7 Å². The van der Waals surface area contributed by atoms with Crippen LogP contribution < -0.4 is 10.5 Å². The topological polar surface area (TPSA) is 73.3 Å². The van der Waals surface area contributed by atoms with Crippen molar-refractivity contribution in [3.05, 3.63) is 60.9 Å². The van der Waals surface area contributed by atoms with Crippen LogP contribution in [0.25, 0.3) is 22.5 Å². The van der Waals surface area contributed by atoms with Crippen LogP contribution in [0, 0.1) is 0 Å². The van der Waals surface area contributed by atoms with Crippen LogP contribution in [0.4, 0.5) is 0 Å². The molecule has 1 aromatic heterocycles. The van der Waals surface area contributed by atoms with Crippen LogP contribution in [0.1, 0.15) is 19.3 Å². The maximum Gasteiger partial charge on any atom is 0.128 e. The Morgan fingerprint density at radius 3 is 2.38 bits per heavy atom. The second kappa shape index (κ2) is 13.2. The van der Waals surface area contributed by atoms with Crippen LogP contribution in [-0.4, -0.2) is 34.4 Å². The normalized spacial score (nSPS) is 10.1. The van der Waals surface area contributed by atoms with Gasteiger partial charge in [-0.25, -0.2) is 4.98 Å². The van der Waals surface area contributed by atoms with E-state index in [1.165, 1.54) is 0 Å². The number of aliphatic hydroxyl groups excluding tert-OH is 1. The van der Waals surface area contributed by atoms with E-state index in [2.05, 4.69) is 16.7 Å². The number of nitrogens with zero attached hydrogens (tertiary/aromatic N) is 2. The average molecular weight is 438 g/mol. The average Bonchev–Trinajstić information content (AvgIpc) is 3.14. The number of aromatic nitrogens is 2. The van der Waals surface area contributed by atoms with Crippen molar-refractivity contribution in [2.45, 2.75) is 25.8 Å². The fourth-order valence-electron chi connectivity index (χ4n) is 3.19. The van der Waals surface area contributed by atoms with Crippen LogP contribution in [0.5, 0.6) is 5.75 Å². The van der Waals surface area contributed by atoms with E-state index in [0.717, 1.165) is 60.6 Å². The van der Waals surface area contributed by atoms with Crippen LogP contribution in [0.2, 0.25) is 0 Å². The van der Waals surface area contributed by atoms with E-state index in [-0.39, 0.29) is 38.0 Å². The van der Waals surface area contributed by atoms with Gasteiger partial charge in [-0.2, -0.15) is 0 Å². The molecule has 29 heavy (non-hydrogen) atoms. The highest BCUT2D eigenvalue weighted by Gasteiger charge is 2.18. The van der Waals surface area contributed by atoms with Crippen molar-refractivity contribution in [2.75, 3.05) is 19.8 Å². The SMILES string of the molecule is Cl.Cl.NCCCCCn1cnc(-c2ccccc2)c1-c1ccccc1OCCO. The Morgan fingerprint density at radius 2 is 1.66 bits per heavy atom. The lowest BCUT2D eigenvalue weighted by Crippen LogP contribution is -2.05. The molecule has 0 fully saturated rings. The highest BCUT2D eigenvalue weighted by molar-refractivity contribution is 5.85. The molecule has 158 valence electrons. The van der Waals surface area contributed by atoms with Crippen molar-refractivity contribution in [2.24, 2.45) is 5.73 Å². The summed E-state index contributed by atoms with van der Waals surface area (Å²) in [6, 6.07) is 18.1. The quantitative estimate of drug-likeness (QED) is 0.455. The Hall–Kier alpha value is -2.05.